The number of carbonyl (C=O) groups excluding carboxylic acids is 1. The quantitative estimate of drug-likeness (QED) is 0.670. The van der Waals surface area contributed by atoms with E-state index >= 15 is 0 Å². The molecule has 3 heteroatoms. The van der Waals surface area contributed by atoms with Crippen molar-refractivity contribution in [3.63, 3.8) is 0 Å². The minimum absolute atomic E-state index is 0.271. The van der Waals surface area contributed by atoms with Crippen LogP contribution in [0.4, 0.5) is 0 Å². The van der Waals surface area contributed by atoms with Gasteiger partial charge in [0.05, 0.1) is 5.56 Å². The van der Waals surface area contributed by atoms with E-state index in [2.05, 4.69) is 0 Å². The van der Waals surface area contributed by atoms with Crippen molar-refractivity contribution in [2.75, 3.05) is 0 Å². The monoisotopic (exact) mass is 252 g/mol. The smallest absolute Gasteiger partial charge is 0.335 e. The summed E-state index contributed by atoms with van der Waals surface area (Å²) in [5.41, 5.74) is 2.81. The summed E-state index contributed by atoms with van der Waals surface area (Å²) in [6.45, 7) is 0. The van der Waals surface area contributed by atoms with Crippen molar-refractivity contribution in [3.8, 4) is 0 Å². The van der Waals surface area contributed by atoms with E-state index < -0.39 is 5.97 Å². The van der Waals surface area contributed by atoms with E-state index in [-0.39, 0.29) is 5.56 Å². The second-order valence-corrected chi connectivity index (χ2v) is 4.05. The van der Waals surface area contributed by atoms with Gasteiger partial charge in [0.15, 0.2) is 0 Å². The van der Waals surface area contributed by atoms with Crippen LogP contribution in [0.25, 0.3) is 12.2 Å². The van der Waals surface area contributed by atoms with Gasteiger partial charge < -0.3 is 5.11 Å². The van der Waals surface area contributed by atoms with Gasteiger partial charge in [0.25, 0.3) is 0 Å². The van der Waals surface area contributed by atoms with E-state index in [0.717, 1.165) is 17.4 Å². The van der Waals surface area contributed by atoms with Gasteiger partial charge in [-0.05, 0) is 23.3 Å². The molecule has 0 aromatic heterocycles. The molecule has 2 aromatic carbocycles. The van der Waals surface area contributed by atoms with Crippen LogP contribution in [0.3, 0.4) is 0 Å². The van der Waals surface area contributed by atoms with Gasteiger partial charge in [-0.2, -0.15) is 0 Å². The summed E-state index contributed by atoms with van der Waals surface area (Å²) in [4.78, 5) is 21.2. The van der Waals surface area contributed by atoms with E-state index in [1.807, 2.05) is 24.3 Å². The molecule has 2 rings (SSSR count). The Morgan fingerprint density at radius 1 is 0.789 bits per heavy atom. The Labute approximate surface area is 110 Å². The normalized spacial score (nSPS) is 10.5. The third-order valence-corrected chi connectivity index (χ3v) is 2.70. The van der Waals surface area contributed by atoms with Crippen LogP contribution in [-0.4, -0.2) is 17.4 Å². The zero-order valence-corrected chi connectivity index (χ0v) is 10.1. The average molecular weight is 252 g/mol. The maximum Gasteiger partial charge on any atom is 0.335 e. The van der Waals surface area contributed by atoms with Crippen LogP contribution in [0, 0.1) is 0 Å². The predicted molar refractivity (Wildman–Crippen MR) is 74.2 cm³/mol. The van der Waals surface area contributed by atoms with Crippen molar-refractivity contribution in [1.29, 1.82) is 0 Å². The maximum atomic E-state index is 10.7. The maximum absolute atomic E-state index is 10.7. The van der Waals surface area contributed by atoms with Crippen molar-refractivity contribution >= 4 is 24.4 Å². The highest BCUT2D eigenvalue weighted by atomic mass is 16.4. The molecule has 0 aliphatic rings. The van der Waals surface area contributed by atoms with Crippen LogP contribution in [0.5, 0.6) is 0 Å². The number of aromatic carboxylic acids is 1. The van der Waals surface area contributed by atoms with Crippen molar-refractivity contribution < 1.29 is 14.7 Å². The summed E-state index contributed by atoms with van der Waals surface area (Å²) < 4.78 is 0. The van der Waals surface area contributed by atoms with Crippen LogP contribution >= 0.6 is 0 Å². The summed E-state index contributed by atoms with van der Waals surface area (Å²) in [5, 5.41) is 8.79. The summed E-state index contributed by atoms with van der Waals surface area (Å²) >= 11 is 0. The Kier molecular flexibility index (Phi) is 3.88. The van der Waals surface area contributed by atoms with Gasteiger partial charge in [0.1, 0.15) is 6.29 Å². The van der Waals surface area contributed by atoms with E-state index in [0.29, 0.717) is 5.56 Å². The second-order valence-electron chi connectivity index (χ2n) is 4.05. The number of carboxylic acids is 1. The van der Waals surface area contributed by atoms with Crippen LogP contribution < -0.4 is 0 Å². The molecule has 0 amide bonds. The molecule has 1 N–H and O–H groups in total. The third-order valence-electron chi connectivity index (χ3n) is 2.70. The predicted octanol–water partition coefficient (Wildman–Crippen LogP) is 3.37. The van der Waals surface area contributed by atoms with Crippen LogP contribution in [-0.2, 0) is 0 Å². The third kappa shape index (κ3) is 3.39. The van der Waals surface area contributed by atoms with Crippen LogP contribution in [0.1, 0.15) is 31.8 Å². The minimum Gasteiger partial charge on any atom is -0.478 e. The first-order valence-electron chi connectivity index (χ1n) is 5.76. The highest BCUT2D eigenvalue weighted by molar-refractivity contribution is 5.88. The van der Waals surface area contributed by atoms with E-state index in [1.54, 1.807) is 36.4 Å². The molecule has 0 aliphatic heterocycles. The molecule has 0 heterocycles. The lowest BCUT2D eigenvalue weighted by atomic mass is 10.1. The number of hydrogen-bond acceptors (Lipinski definition) is 2. The molecule has 0 radical (unpaired) electrons. The van der Waals surface area contributed by atoms with Crippen LogP contribution in [0.15, 0.2) is 48.5 Å². The lowest BCUT2D eigenvalue weighted by molar-refractivity contribution is 0.0696. The fourth-order valence-corrected chi connectivity index (χ4v) is 1.61. The molecule has 0 saturated carbocycles. The van der Waals surface area contributed by atoms with Crippen molar-refractivity contribution in [1.82, 2.24) is 0 Å². The fraction of sp³-hybridized carbons (Fsp3) is 0. The number of carbonyl (C=O) groups is 2. The Balaban J connectivity index is 2.12. The van der Waals surface area contributed by atoms with E-state index in [1.165, 1.54) is 0 Å². The van der Waals surface area contributed by atoms with Gasteiger partial charge in [-0.15, -0.1) is 0 Å². The summed E-state index contributed by atoms with van der Waals surface area (Å²) in [7, 11) is 0. The highest BCUT2D eigenvalue weighted by Crippen LogP contribution is 2.10. The molecule has 0 bridgehead atoms. The molecule has 0 saturated heterocycles. The number of benzene rings is 2. The zero-order chi connectivity index (χ0) is 13.7. The lowest BCUT2D eigenvalue weighted by Gasteiger charge is -1.97. The van der Waals surface area contributed by atoms with Gasteiger partial charge >= 0.3 is 5.97 Å². The second kappa shape index (κ2) is 5.78. The molecule has 0 atom stereocenters. The number of rotatable bonds is 4. The molecule has 0 aliphatic carbocycles. The van der Waals surface area contributed by atoms with Gasteiger partial charge in [0, 0.05) is 5.56 Å². The lowest BCUT2D eigenvalue weighted by Crippen LogP contribution is -1.94. The Morgan fingerprint density at radius 3 is 1.63 bits per heavy atom. The number of hydrogen-bond donors (Lipinski definition) is 1. The van der Waals surface area contributed by atoms with E-state index in [9.17, 15) is 9.59 Å². The molecule has 0 unspecified atom stereocenters. The standard InChI is InChI=1S/C16H12O3/c17-11-14-5-3-12(4-6-14)1-2-13-7-9-15(10-8-13)16(18)19/h1-11H,(H,18,19)/b2-1+. The van der Waals surface area contributed by atoms with Gasteiger partial charge in [0.2, 0.25) is 0 Å². The SMILES string of the molecule is O=Cc1ccc(/C=C/c2ccc(C(=O)O)cc2)cc1. The molecular weight excluding hydrogens is 240 g/mol. The molecule has 94 valence electrons. The zero-order valence-electron chi connectivity index (χ0n) is 10.1. The van der Waals surface area contributed by atoms with Crippen LogP contribution in [0.2, 0.25) is 0 Å². The molecular formula is C16H12O3. The fourth-order valence-electron chi connectivity index (χ4n) is 1.61. The summed E-state index contributed by atoms with van der Waals surface area (Å²) in [6, 6.07) is 13.8. The van der Waals surface area contributed by atoms with Crippen molar-refractivity contribution in [3.05, 3.63) is 70.8 Å². The average Bonchev–Trinajstić information content (AvgIpc) is 2.46. The number of aldehydes is 1. The first-order chi connectivity index (χ1) is 9.19. The topological polar surface area (TPSA) is 54.4 Å². The molecule has 2 aromatic rings. The Bertz CT molecular complexity index is 607. The summed E-state index contributed by atoms with van der Waals surface area (Å²) in [5.74, 6) is -0.931. The van der Waals surface area contributed by atoms with E-state index in [4.69, 9.17) is 5.11 Å². The number of carboxylic acid groups (broad SMARTS) is 1. The summed E-state index contributed by atoms with van der Waals surface area (Å²) in [6.07, 6.45) is 4.60. The van der Waals surface area contributed by atoms with Gasteiger partial charge in [-0.3, -0.25) is 4.79 Å². The Hall–Kier alpha value is -2.68. The van der Waals surface area contributed by atoms with Gasteiger partial charge in [-0.1, -0.05) is 48.6 Å². The first-order valence-corrected chi connectivity index (χ1v) is 5.76. The largest absolute Gasteiger partial charge is 0.478 e. The van der Waals surface area contributed by atoms with Gasteiger partial charge in [-0.25, -0.2) is 4.79 Å². The molecule has 0 fully saturated rings. The molecule has 3 nitrogen and oxygen atoms in total. The minimum atomic E-state index is -0.931. The Morgan fingerprint density at radius 2 is 1.21 bits per heavy atom. The molecule has 19 heavy (non-hydrogen) atoms. The molecule has 0 spiro atoms. The first kappa shape index (κ1) is 12.8. The van der Waals surface area contributed by atoms with Crippen molar-refractivity contribution in [2.24, 2.45) is 0 Å². The highest BCUT2D eigenvalue weighted by Gasteiger charge is 1.99. The van der Waals surface area contributed by atoms with Crippen molar-refractivity contribution in [2.45, 2.75) is 0 Å².